The van der Waals surface area contributed by atoms with Crippen LogP contribution in [0.25, 0.3) is 0 Å². The molecule has 3 heteroatoms. The van der Waals surface area contributed by atoms with Crippen molar-refractivity contribution < 1.29 is 0 Å². The molecule has 0 saturated carbocycles. The first-order chi connectivity index (χ1) is 8.24. The van der Waals surface area contributed by atoms with Crippen LogP contribution in [0.4, 0.5) is 5.69 Å². The van der Waals surface area contributed by atoms with Gasteiger partial charge in [0.25, 0.3) is 0 Å². The first-order valence-electron chi connectivity index (χ1n) is 6.63. The molecule has 1 aliphatic heterocycles. The summed E-state index contributed by atoms with van der Waals surface area (Å²) in [5.74, 6) is 0. The molecule has 1 N–H and O–H groups in total. The van der Waals surface area contributed by atoms with Crippen molar-refractivity contribution in [2.45, 2.75) is 26.2 Å². The van der Waals surface area contributed by atoms with Gasteiger partial charge in [-0.05, 0) is 24.5 Å². The molecule has 2 rings (SSSR count). The molecular formula is C14H22N2O. The number of rotatable bonds is 4. The first-order valence-corrected chi connectivity index (χ1v) is 6.63. The lowest BCUT2D eigenvalue weighted by Gasteiger charge is -2.45. The van der Waals surface area contributed by atoms with Crippen molar-refractivity contribution in [3.05, 3.63) is 35.0 Å². The second-order valence-corrected chi connectivity index (χ2v) is 4.86. The zero-order chi connectivity index (χ0) is 12.1. The predicted molar refractivity (Wildman–Crippen MR) is 72.8 cm³/mol. The Balaban J connectivity index is 2.14. The summed E-state index contributed by atoms with van der Waals surface area (Å²) in [7, 11) is 0. The minimum Gasteiger partial charge on any atom is -0.627 e. The maximum Gasteiger partial charge on any atom is 0.133 e. The second-order valence-electron chi connectivity index (χ2n) is 4.86. The lowest BCUT2D eigenvalue weighted by molar-refractivity contribution is 0.321. The number of hydroxylamine groups is 2. The molecule has 0 amide bonds. The highest BCUT2D eigenvalue weighted by Gasteiger charge is 2.23. The largest absolute Gasteiger partial charge is 0.627 e. The summed E-state index contributed by atoms with van der Waals surface area (Å²) in [6.07, 6.45) is 3.48. The van der Waals surface area contributed by atoms with Crippen molar-refractivity contribution in [3.8, 4) is 0 Å². The molecule has 0 spiro atoms. The summed E-state index contributed by atoms with van der Waals surface area (Å²) < 4.78 is -0.160. The van der Waals surface area contributed by atoms with Crippen LogP contribution < -0.4 is 9.96 Å². The molecule has 1 aromatic carbocycles. The van der Waals surface area contributed by atoms with Gasteiger partial charge in [0, 0.05) is 19.2 Å². The summed E-state index contributed by atoms with van der Waals surface area (Å²) in [5.41, 5.74) is 2.23. The van der Waals surface area contributed by atoms with E-state index in [1.807, 2.05) is 12.1 Å². The minimum absolute atomic E-state index is 0.160. The van der Waals surface area contributed by atoms with E-state index in [4.69, 9.17) is 0 Å². The summed E-state index contributed by atoms with van der Waals surface area (Å²) in [4.78, 5) is 0. The first kappa shape index (κ1) is 12.6. The van der Waals surface area contributed by atoms with Crippen LogP contribution in [-0.4, -0.2) is 26.2 Å². The highest BCUT2D eigenvalue weighted by atomic mass is 16.5. The molecule has 1 fully saturated rings. The Morgan fingerprint density at radius 3 is 2.76 bits per heavy atom. The number of piperazine rings is 1. The number of unbranched alkanes of at least 4 members (excludes halogenated alkanes) is 1. The Bertz CT molecular complexity index is 359. The molecule has 1 aliphatic rings. The number of nitrogens with zero attached hydrogens (tertiary/aromatic N) is 1. The molecular weight excluding hydrogens is 212 g/mol. The van der Waals surface area contributed by atoms with Crippen molar-refractivity contribution >= 4 is 5.69 Å². The highest BCUT2D eigenvalue weighted by molar-refractivity contribution is 5.46. The van der Waals surface area contributed by atoms with Crippen LogP contribution in [-0.2, 0) is 6.42 Å². The van der Waals surface area contributed by atoms with E-state index in [0.717, 1.165) is 25.2 Å². The van der Waals surface area contributed by atoms with Crippen LogP contribution in [0.15, 0.2) is 24.3 Å². The van der Waals surface area contributed by atoms with E-state index in [2.05, 4.69) is 24.4 Å². The van der Waals surface area contributed by atoms with Gasteiger partial charge in [-0.25, -0.2) is 0 Å². The van der Waals surface area contributed by atoms with Crippen molar-refractivity contribution in [1.82, 2.24) is 9.96 Å². The normalized spacial score (nSPS) is 19.2. The molecule has 1 saturated heterocycles. The lowest BCUT2D eigenvalue weighted by Crippen LogP contribution is -2.55. The van der Waals surface area contributed by atoms with Gasteiger partial charge in [-0.3, -0.25) is 0 Å². The SMILES string of the molecule is CCCCc1cccc([N+]2([O-])CCNCC2)c1. The van der Waals surface area contributed by atoms with Crippen LogP contribution in [0.2, 0.25) is 0 Å². The summed E-state index contributed by atoms with van der Waals surface area (Å²) >= 11 is 0. The van der Waals surface area contributed by atoms with E-state index in [1.54, 1.807) is 0 Å². The predicted octanol–water partition coefficient (Wildman–Crippen LogP) is 2.44. The van der Waals surface area contributed by atoms with E-state index < -0.39 is 0 Å². The van der Waals surface area contributed by atoms with Gasteiger partial charge in [-0.15, -0.1) is 0 Å². The molecule has 17 heavy (non-hydrogen) atoms. The van der Waals surface area contributed by atoms with Crippen LogP contribution in [0.3, 0.4) is 0 Å². The number of hydrogen-bond donors (Lipinski definition) is 1. The quantitative estimate of drug-likeness (QED) is 0.641. The Morgan fingerprint density at radius 1 is 1.29 bits per heavy atom. The van der Waals surface area contributed by atoms with E-state index in [-0.39, 0.29) is 4.65 Å². The molecule has 0 radical (unpaired) electrons. The van der Waals surface area contributed by atoms with Gasteiger partial charge >= 0.3 is 0 Å². The van der Waals surface area contributed by atoms with Gasteiger partial charge in [-0.2, -0.15) is 0 Å². The third-order valence-corrected chi connectivity index (χ3v) is 3.50. The molecule has 0 aromatic heterocycles. The average Bonchev–Trinajstić information content (AvgIpc) is 2.38. The Kier molecular flexibility index (Phi) is 4.15. The number of nitrogens with one attached hydrogen (secondary N) is 1. The van der Waals surface area contributed by atoms with Gasteiger partial charge in [0.15, 0.2) is 0 Å². The maximum absolute atomic E-state index is 12.6. The van der Waals surface area contributed by atoms with Gasteiger partial charge in [-0.1, -0.05) is 25.5 Å². The summed E-state index contributed by atoms with van der Waals surface area (Å²) in [6, 6.07) is 8.25. The highest BCUT2D eigenvalue weighted by Crippen LogP contribution is 2.24. The van der Waals surface area contributed by atoms with E-state index in [1.165, 1.54) is 18.4 Å². The van der Waals surface area contributed by atoms with Crippen molar-refractivity contribution in [3.63, 3.8) is 0 Å². The fourth-order valence-electron chi connectivity index (χ4n) is 2.36. The number of aryl methyl sites for hydroxylation is 1. The Morgan fingerprint density at radius 2 is 2.06 bits per heavy atom. The Labute approximate surface area is 104 Å². The van der Waals surface area contributed by atoms with Crippen LogP contribution >= 0.6 is 0 Å². The van der Waals surface area contributed by atoms with E-state index in [0.29, 0.717) is 13.1 Å². The van der Waals surface area contributed by atoms with Gasteiger partial charge in [0.2, 0.25) is 0 Å². The third kappa shape index (κ3) is 3.06. The second kappa shape index (κ2) is 5.63. The molecule has 0 bridgehead atoms. The van der Waals surface area contributed by atoms with Crippen molar-refractivity contribution in [2.24, 2.45) is 0 Å². The van der Waals surface area contributed by atoms with Crippen LogP contribution in [0.5, 0.6) is 0 Å². The van der Waals surface area contributed by atoms with Crippen molar-refractivity contribution in [2.75, 3.05) is 26.2 Å². The van der Waals surface area contributed by atoms with E-state index >= 15 is 0 Å². The molecule has 0 unspecified atom stereocenters. The molecule has 94 valence electrons. The molecule has 1 aromatic rings. The van der Waals surface area contributed by atoms with Crippen LogP contribution in [0, 0.1) is 5.21 Å². The molecule has 0 aliphatic carbocycles. The van der Waals surface area contributed by atoms with Crippen molar-refractivity contribution in [1.29, 1.82) is 0 Å². The minimum atomic E-state index is -0.160. The smallest absolute Gasteiger partial charge is 0.133 e. The van der Waals surface area contributed by atoms with Gasteiger partial charge < -0.3 is 15.2 Å². The molecule has 3 nitrogen and oxygen atoms in total. The number of quaternary nitrogens is 1. The lowest BCUT2D eigenvalue weighted by atomic mass is 10.1. The number of hydrogen-bond acceptors (Lipinski definition) is 2. The monoisotopic (exact) mass is 234 g/mol. The topological polar surface area (TPSA) is 35.1 Å². The Hall–Kier alpha value is -0.900. The van der Waals surface area contributed by atoms with Gasteiger partial charge in [0.05, 0.1) is 13.1 Å². The average molecular weight is 234 g/mol. The zero-order valence-corrected chi connectivity index (χ0v) is 10.6. The van der Waals surface area contributed by atoms with Gasteiger partial charge in [0.1, 0.15) is 5.69 Å². The fraction of sp³-hybridized carbons (Fsp3) is 0.571. The van der Waals surface area contributed by atoms with Crippen LogP contribution in [0.1, 0.15) is 25.3 Å². The summed E-state index contributed by atoms with van der Waals surface area (Å²) in [6.45, 7) is 5.14. The van der Waals surface area contributed by atoms with E-state index in [9.17, 15) is 5.21 Å². The third-order valence-electron chi connectivity index (χ3n) is 3.50. The summed E-state index contributed by atoms with van der Waals surface area (Å²) in [5, 5.41) is 15.9. The maximum atomic E-state index is 12.6. The zero-order valence-electron chi connectivity index (χ0n) is 10.6. The fourth-order valence-corrected chi connectivity index (χ4v) is 2.36. The molecule has 0 atom stereocenters. The standard InChI is InChI=1S/C14H22N2O/c1-2-3-5-13-6-4-7-14(12-13)16(17)10-8-15-9-11-16/h4,6-7,12,15H,2-3,5,8-11H2,1H3. The number of benzene rings is 1. The molecule has 1 heterocycles.